The Morgan fingerprint density at radius 1 is 1.58 bits per heavy atom. The van der Waals surface area contributed by atoms with Crippen LogP contribution in [0.4, 0.5) is 0 Å². The summed E-state index contributed by atoms with van der Waals surface area (Å²) in [6.45, 7) is 4.89. The summed E-state index contributed by atoms with van der Waals surface area (Å²) in [5.74, 6) is 0.100. The molecule has 0 heterocycles. The van der Waals surface area contributed by atoms with Gasteiger partial charge in [-0.2, -0.15) is 0 Å². The predicted molar refractivity (Wildman–Crippen MR) is 48.8 cm³/mol. The first-order valence-electron chi connectivity index (χ1n) is 4.44. The highest BCUT2D eigenvalue weighted by atomic mass is 16.1. The van der Waals surface area contributed by atoms with Crippen molar-refractivity contribution in [2.75, 3.05) is 13.1 Å². The number of nitrogens with one attached hydrogen (secondary N) is 2. The first-order chi connectivity index (χ1) is 5.83. The molecule has 3 heteroatoms. The van der Waals surface area contributed by atoms with Gasteiger partial charge in [-0.05, 0) is 12.8 Å². The Bertz CT molecular complexity index is 164. The van der Waals surface area contributed by atoms with Crippen molar-refractivity contribution in [3.05, 3.63) is 12.7 Å². The van der Waals surface area contributed by atoms with Gasteiger partial charge >= 0.3 is 0 Å². The van der Waals surface area contributed by atoms with Crippen LogP contribution in [0.5, 0.6) is 0 Å². The summed E-state index contributed by atoms with van der Waals surface area (Å²) in [5, 5.41) is 6.01. The number of carbonyl (C=O) groups excluding carboxylic acids is 1. The molecule has 0 saturated heterocycles. The molecular weight excluding hydrogens is 152 g/mol. The van der Waals surface area contributed by atoms with Crippen molar-refractivity contribution in [2.24, 2.45) is 0 Å². The molecule has 0 spiro atoms. The first-order valence-corrected chi connectivity index (χ1v) is 4.44. The van der Waals surface area contributed by atoms with Crippen molar-refractivity contribution in [1.82, 2.24) is 10.6 Å². The molecule has 1 amide bonds. The molecule has 2 N–H and O–H groups in total. The summed E-state index contributed by atoms with van der Waals surface area (Å²) >= 11 is 0. The Morgan fingerprint density at radius 3 is 2.92 bits per heavy atom. The SMILES string of the molecule is C=CCNC(=O)CCNC1CC1. The minimum atomic E-state index is 0.100. The summed E-state index contributed by atoms with van der Waals surface area (Å²) in [4.78, 5) is 11.0. The van der Waals surface area contributed by atoms with Crippen molar-refractivity contribution in [1.29, 1.82) is 0 Å². The van der Waals surface area contributed by atoms with Gasteiger partial charge in [-0.1, -0.05) is 6.08 Å². The molecule has 0 aromatic carbocycles. The van der Waals surface area contributed by atoms with Crippen LogP contribution in [0.2, 0.25) is 0 Å². The van der Waals surface area contributed by atoms with Crippen molar-refractivity contribution in [3.63, 3.8) is 0 Å². The standard InChI is InChI=1S/C9H16N2O/c1-2-6-11-9(12)5-7-10-8-3-4-8/h2,8,10H,1,3-7H2,(H,11,12). The number of rotatable bonds is 6. The van der Waals surface area contributed by atoms with E-state index in [2.05, 4.69) is 17.2 Å². The molecule has 1 fully saturated rings. The zero-order valence-corrected chi connectivity index (χ0v) is 7.31. The van der Waals surface area contributed by atoms with Gasteiger partial charge < -0.3 is 10.6 Å². The minimum absolute atomic E-state index is 0.100. The Morgan fingerprint density at radius 2 is 2.33 bits per heavy atom. The van der Waals surface area contributed by atoms with E-state index in [0.717, 1.165) is 6.54 Å². The van der Waals surface area contributed by atoms with Crippen molar-refractivity contribution in [2.45, 2.75) is 25.3 Å². The first kappa shape index (κ1) is 9.26. The van der Waals surface area contributed by atoms with Gasteiger partial charge in [-0.3, -0.25) is 4.79 Å². The van der Waals surface area contributed by atoms with Gasteiger partial charge in [-0.25, -0.2) is 0 Å². The smallest absolute Gasteiger partial charge is 0.221 e. The third-order valence-electron chi connectivity index (χ3n) is 1.81. The van der Waals surface area contributed by atoms with Crippen LogP contribution in [0.25, 0.3) is 0 Å². The summed E-state index contributed by atoms with van der Waals surface area (Å²) < 4.78 is 0. The zero-order valence-electron chi connectivity index (χ0n) is 7.31. The summed E-state index contributed by atoms with van der Waals surface area (Å²) in [6, 6.07) is 0.692. The van der Waals surface area contributed by atoms with Crippen LogP contribution in [-0.2, 0) is 4.79 Å². The molecule has 68 valence electrons. The third kappa shape index (κ3) is 4.13. The Kier molecular flexibility index (Phi) is 3.80. The second-order valence-electron chi connectivity index (χ2n) is 3.07. The lowest BCUT2D eigenvalue weighted by Crippen LogP contribution is -2.28. The molecular formula is C9H16N2O. The quantitative estimate of drug-likeness (QED) is 0.565. The number of carbonyl (C=O) groups is 1. The molecule has 1 saturated carbocycles. The van der Waals surface area contributed by atoms with Crippen molar-refractivity contribution < 1.29 is 4.79 Å². The zero-order chi connectivity index (χ0) is 8.81. The normalized spacial score (nSPS) is 15.7. The van der Waals surface area contributed by atoms with Crippen LogP contribution in [-0.4, -0.2) is 25.0 Å². The van der Waals surface area contributed by atoms with E-state index < -0.39 is 0 Å². The highest BCUT2D eigenvalue weighted by molar-refractivity contribution is 5.76. The minimum Gasteiger partial charge on any atom is -0.353 e. The van der Waals surface area contributed by atoms with Gasteiger partial charge in [0.25, 0.3) is 0 Å². The monoisotopic (exact) mass is 168 g/mol. The van der Waals surface area contributed by atoms with Gasteiger partial charge in [0.2, 0.25) is 5.91 Å². The van der Waals surface area contributed by atoms with E-state index in [1.54, 1.807) is 6.08 Å². The van der Waals surface area contributed by atoms with E-state index in [-0.39, 0.29) is 5.91 Å². The fourth-order valence-electron chi connectivity index (χ4n) is 0.952. The maximum absolute atomic E-state index is 11.0. The van der Waals surface area contributed by atoms with Gasteiger partial charge in [-0.15, -0.1) is 6.58 Å². The molecule has 0 aliphatic heterocycles. The van der Waals surface area contributed by atoms with Gasteiger partial charge in [0, 0.05) is 25.6 Å². The average Bonchev–Trinajstić information content (AvgIpc) is 2.84. The van der Waals surface area contributed by atoms with Crippen LogP contribution in [0.3, 0.4) is 0 Å². The van der Waals surface area contributed by atoms with E-state index in [4.69, 9.17) is 0 Å². The highest BCUT2D eigenvalue weighted by Gasteiger charge is 2.19. The van der Waals surface area contributed by atoms with Crippen molar-refractivity contribution in [3.8, 4) is 0 Å². The van der Waals surface area contributed by atoms with E-state index in [1.807, 2.05) is 0 Å². The molecule has 0 unspecified atom stereocenters. The van der Waals surface area contributed by atoms with E-state index in [1.165, 1.54) is 12.8 Å². The second kappa shape index (κ2) is 4.93. The molecule has 1 aliphatic rings. The van der Waals surface area contributed by atoms with E-state index >= 15 is 0 Å². The number of hydrogen-bond acceptors (Lipinski definition) is 2. The molecule has 1 rings (SSSR count). The number of hydrogen-bond donors (Lipinski definition) is 2. The van der Waals surface area contributed by atoms with E-state index in [0.29, 0.717) is 19.0 Å². The Balaban J connectivity index is 1.89. The maximum atomic E-state index is 11.0. The predicted octanol–water partition coefficient (Wildman–Crippen LogP) is 0.431. The van der Waals surface area contributed by atoms with Gasteiger partial charge in [0.05, 0.1) is 0 Å². The molecule has 0 aromatic rings. The molecule has 0 radical (unpaired) electrons. The van der Waals surface area contributed by atoms with Crippen molar-refractivity contribution >= 4 is 5.91 Å². The average molecular weight is 168 g/mol. The van der Waals surface area contributed by atoms with Crippen LogP contribution >= 0.6 is 0 Å². The van der Waals surface area contributed by atoms with Crippen LogP contribution < -0.4 is 10.6 Å². The van der Waals surface area contributed by atoms with Gasteiger partial charge in [0.1, 0.15) is 0 Å². The number of amides is 1. The second-order valence-corrected chi connectivity index (χ2v) is 3.07. The molecule has 0 aromatic heterocycles. The highest BCUT2D eigenvalue weighted by Crippen LogP contribution is 2.18. The van der Waals surface area contributed by atoms with E-state index in [9.17, 15) is 4.79 Å². The Hall–Kier alpha value is -0.830. The maximum Gasteiger partial charge on any atom is 0.221 e. The van der Waals surface area contributed by atoms with Crippen LogP contribution in [0, 0.1) is 0 Å². The molecule has 0 atom stereocenters. The lowest BCUT2D eigenvalue weighted by molar-refractivity contribution is -0.120. The van der Waals surface area contributed by atoms with Crippen LogP contribution in [0.1, 0.15) is 19.3 Å². The summed E-state index contributed by atoms with van der Waals surface area (Å²) in [6.07, 6.45) is 4.80. The summed E-state index contributed by atoms with van der Waals surface area (Å²) in [5.41, 5.74) is 0. The molecule has 3 nitrogen and oxygen atoms in total. The fourth-order valence-corrected chi connectivity index (χ4v) is 0.952. The molecule has 0 bridgehead atoms. The fraction of sp³-hybridized carbons (Fsp3) is 0.667. The lowest BCUT2D eigenvalue weighted by Gasteiger charge is -2.02. The molecule has 1 aliphatic carbocycles. The summed E-state index contributed by atoms with van der Waals surface area (Å²) in [7, 11) is 0. The largest absolute Gasteiger partial charge is 0.353 e. The van der Waals surface area contributed by atoms with Crippen LogP contribution in [0.15, 0.2) is 12.7 Å². The molecule has 12 heavy (non-hydrogen) atoms. The topological polar surface area (TPSA) is 41.1 Å². The lowest BCUT2D eigenvalue weighted by atomic mass is 10.4. The van der Waals surface area contributed by atoms with Gasteiger partial charge in [0.15, 0.2) is 0 Å². The third-order valence-corrected chi connectivity index (χ3v) is 1.81. The Labute approximate surface area is 73.2 Å².